The number of carbonyl (C=O) groups excluding carboxylic acids is 18. The highest BCUT2D eigenvalue weighted by atomic mass is 16.4. The molecule has 798 valence electrons. The van der Waals surface area contributed by atoms with E-state index in [1.807, 2.05) is 19.2 Å². The van der Waals surface area contributed by atoms with Gasteiger partial charge in [0.15, 0.2) is 18.0 Å². The van der Waals surface area contributed by atoms with Gasteiger partial charge in [0.2, 0.25) is 106 Å². The number of aliphatic hydroxyl groups is 5. The van der Waals surface area contributed by atoms with Gasteiger partial charge in [-0.15, -0.1) is 0 Å². The van der Waals surface area contributed by atoms with Crippen LogP contribution in [-0.2, 0) is 104 Å². The Labute approximate surface area is 824 Å². The highest BCUT2D eigenvalue weighted by molar-refractivity contribution is 6.02. The minimum atomic E-state index is -1.86. The van der Waals surface area contributed by atoms with E-state index in [2.05, 4.69) is 111 Å². The first kappa shape index (κ1) is 125. The number of guanidine groups is 2. The number of carbonyl (C=O) groups is 19. The molecule has 53 heteroatoms. The number of nitrogens with one attached hydrogen (secondary N) is 23. The summed E-state index contributed by atoms with van der Waals surface area (Å²) in [4.78, 5) is 269. The lowest BCUT2D eigenvalue weighted by molar-refractivity contribution is -0.145. The first-order valence-electron chi connectivity index (χ1n) is 47.2. The van der Waals surface area contributed by atoms with Crippen molar-refractivity contribution in [3.8, 4) is 0 Å². The normalized spacial score (nSPS) is 15.5. The molecule has 20 atom stereocenters. The minimum absolute atomic E-state index is 0.00559. The zero-order chi connectivity index (χ0) is 107. The Bertz CT molecular complexity index is 4480. The van der Waals surface area contributed by atoms with Gasteiger partial charge in [-0.05, 0) is 140 Å². The molecule has 1 aromatic carbocycles. The largest absolute Gasteiger partial charge is 0.480 e. The van der Waals surface area contributed by atoms with Gasteiger partial charge in [-0.2, -0.15) is 0 Å². The van der Waals surface area contributed by atoms with Gasteiger partial charge < -0.3 is 165 Å². The fourth-order valence-electron chi connectivity index (χ4n) is 13.9. The molecule has 0 unspecified atom stereocenters. The van der Waals surface area contributed by atoms with Crippen LogP contribution in [0.15, 0.2) is 42.9 Å². The number of hydrogen-bond donors (Lipinski definition) is 33. The van der Waals surface area contributed by atoms with Crippen LogP contribution in [0.3, 0.4) is 0 Å². The van der Waals surface area contributed by atoms with Crippen LogP contribution < -0.4 is 129 Å². The second kappa shape index (κ2) is 64.9. The molecule has 0 aliphatic heterocycles. The predicted octanol–water partition coefficient (Wildman–Crippen LogP) is -10.1. The molecule has 0 spiro atoms. The van der Waals surface area contributed by atoms with Gasteiger partial charge in [0.1, 0.15) is 96.7 Å². The molecule has 0 bridgehead atoms. The van der Waals surface area contributed by atoms with Crippen LogP contribution in [0.5, 0.6) is 0 Å². The molecule has 0 saturated heterocycles. The molecule has 53 nitrogen and oxygen atoms in total. The zero-order valence-electron chi connectivity index (χ0n) is 82.9. The molecule has 0 aliphatic carbocycles. The number of aliphatic hydroxyl groups excluding tert-OH is 5. The SMILES string of the molecule is CC[C@H](C)[C@H](NC(=O)[C@H](CC(C)C)NC(=O)[C@H](C)NC(=O)[C@H](CO)NC(=O)[C@H](CCCNC(=N)N)NC(=O)[C@H](C)NC(=O)[C@H](CC(C)C)NC(=O)[C@@H](N)Cc1ccccc1)C(=O)N[C@@H](CC(C)C)C(=O)N[C@@H](CCCNC(=N)N)C(=O)NCC(=O)N[C@@H](CO)C(=O)N[C@H](C(=O)N[C@@H](C)C(=O)N[C@@H](Cc1c[nH]cn1)C(=O)N[C@@H](CCCCN)C(=O)N[C@@H](CO)C(=O)N[C@@H](CO)C(=O)N[C@H](C(=O)O)[C@@H](C)O)C(C)C. The Balaban J connectivity index is 2.32. The number of aliphatic carboxylic acids is 1. The number of carboxylic acids is 1. The molecule has 18 amide bonds. The summed E-state index contributed by atoms with van der Waals surface area (Å²) >= 11 is 0. The summed E-state index contributed by atoms with van der Waals surface area (Å²) in [5.41, 5.74) is 23.9. The Kier molecular flexibility index (Phi) is 56.9. The minimum Gasteiger partial charge on any atom is -0.480 e. The van der Waals surface area contributed by atoms with Crippen molar-refractivity contribution in [2.45, 2.75) is 295 Å². The molecule has 2 rings (SSSR count). The van der Waals surface area contributed by atoms with Gasteiger partial charge in [-0.1, -0.05) is 106 Å². The average molecular weight is 2010 g/mol. The van der Waals surface area contributed by atoms with E-state index in [0.717, 1.165) is 12.5 Å². The second-order valence-electron chi connectivity index (χ2n) is 36.2. The molecule has 37 N–H and O–H groups in total. The number of hydrogen-bond acceptors (Lipinski definition) is 29. The van der Waals surface area contributed by atoms with E-state index in [4.69, 9.17) is 33.8 Å². The van der Waals surface area contributed by atoms with E-state index in [1.54, 1.807) is 71.9 Å². The number of imidazole rings is 1. The average Bonchev–Trinajstić information content (AvgIpc) is 0.990. The number of aromatic nitrogens is 2. The lowest BCUT2D eigenvalue weighted by atomic mass is 9.95. The van der Waals surface area contributed by atoms with Crippen molar-refractivity contribution in [3.63, 3.8) is 0 Å². The number of unbranched alkanes of at least 4 members (excludes halogenated alkanes) is 1. The molecule has 1 heterocycles. The van der Waals surface area contributed by atoms with Crippen LogP contribution in [0.2, 0.25) is 0 Å². The van der Waals surface area contributed by atoms with Crippen LogP contribution in [0.4, 0.5) is 0 Å². The number of benzene rings is 1. The maximum atomic E-state index is 14.7. The molecule has 142 heavy (non-hydrogen) atoms. The Hall–Kier alpha value is -13.4. The lowest BCUT2D eigenvalue weighted by Gasteiger charge is -2.30. The zero-order valence-corrected chi connectivity index (χ0v) is 82.9. The maximum absolute atomic E-state index is 14.7. The number of H-pyrrole nitrogens is 1. The number of carboxylic acid groups (broad SMARTS) is 1. The third-order valence-corrected chi connectivity index (χ3v) is 22.1. The fraction of sp³-hybridized carbons (Fsp3) is 0.663. The van der Waals surface area contributed by atoms with Crippen LogP contribution in [0, 0.1) is 40.4 Å². The summed E-state index contributed by atoms with van der Waals surface area (Å²) in [5, 5.41) is 124. The topological polar surface area (TPSA) is 867 Å². The number of aromatic amines is 1. The van der Waals surface area contributed by atoms with E-state index in [9.17, 15) is 122 Å². The van der Waals surface area contributed by atoms with E-state index in [1.165, 1.54) is 47.1 Å². The standard InChI is InChI=1S/C89H152N28O25/c1-15-47(10)68(116-80(134)60(33-45(6)7)108-71(125)49(12)102-81(135)63(39-119)112-76(130)57(27-22-30-98-89(94)95)105-70(124)48(11)101-77(131)58(31-43(2)3)110-73(127)54(91)34-52-23-17-16-18-24-52)86(140)111-59(32-44(4)5)78(132)106-55(26-21-29-97-88(92)93)74(128)99-37-66(123)104-62(38-118)83(137)115-67(46(8)9)85(139)103-50(13)72(126)109-61(35-53-36-96-42-100-53)79(133)107-56(25-19-20-28-90)75(129)113-64(40-120)82(136)114-65(41-121)84(138)117-69(51(14)122)87(141)142/h16-18,23-24,36,42-51,54-65,67-69,118-122H,15,19-22,25-35,37-41,90-91H2,1-14H3,(H,96,100)(H,99,128)(H,101,131)(H,102,135)(H,103,139)(H,104,123)(H,105,124)(H,106,132)(H,107,133)(H,108,125)(H,109,126)(H,110,127)(H,111,140)(H,112,130)(H,113,129)(H,114,136)(H,115,137)(H,116,134)(H,117,138)(H,141,142)(H4,92,93,97)(H4,94,95,98)/t47-,48-,49-,50-,51+,54-,55-,56-,57-,58-,59-,60-,61-,62-,63-,64-,65-,67-,68-,69-/m0/s1. The molecule has 0 saturated carbocycles. The summed E-state index contributed by atoms with van der Waals surface area (Å²) in [7, 11) is 0. The van der Waals surface area contributed by atoms with Crippen LogP contribution >= 0.6 is 0 Å². The summed E-state index contributed by atoms with van der Waals surface area (Å²) in [6.45, 7) is 16.6. The number of nitrogens with two attached hydrogens (primary N) is 4. The van der Waals surface area contributed by atoms with Crippen molar-refractivity contribution in [1.29, 1.82) is 10.8 Å². The van der Waals surface area contributed by atoms with E-state index >= 15 is 0 Å². The van der Waals surface area contributed by atoms with Crippen molar-refractivity contribution in [3.05, 3.63) is 54.1 Å². The lowest BCUT2D eigenvalue weighted by Crippen LogP contribution is -2.61. The Morgan fingerprint density at radius 2 is 0.718 bits per heavy atom. The molecule has 0 fully saturated rings. The molecular formula is C89H152N28O25. The first-order chi connectivity index (χ1) is 66.8. The molecular weight excluding hydrogens is 1860 g/mol. The maximum Gasteiger partial charge on any atom is 0.328 e. The molecule has 0 aliphatic rings. The van der Waals surface area contributed by atoms with Crippen LogP contribution in [0.25, 0.3) is 0 Å². The Morgan fingerprint density at radius 3 is 1.13 bits per heavy atom. The van der Waals surface area contributed by atoms with E-state index < -0.39 is 284 Å². The molecule has 0 radical (unpaired) electrons. The number of rotatable bonds is 67. The van der Waals surface area contributed by atoms with Gasteiger partial charge in [0, 0.05) is 25.7 Å². The van der Waals surface area contributed by atoms with Gasteiger partial charge in [0.05, 0.1) is 57.1 Å². The third-order valence-electron chi connectivity index (χ3n) is 22.1. The molecule has 2 aromatic rings. The Morgan fingerprint density at radius 1 is 0.380 bits per heavy atom. The van der Waals surface area contributed by atoms with Crippen molar-refractivity contribution in [1.82, 2.24) is 116 Å². The molecule has 1 aromatic heterocycles. The number of nitrogens with zero attached hydrogens (tertiary/aromatic N) is 1. The highest BCUT2D eigenvalue weighted by Gasteiger charge is 2.41. The van der Waals surface area contributed by atoms with Crippen molar-refractivity contribution >= 4 is 124 Å². The smallest absolute Gasteiger partial charge is 0.328 e. The van der Waals surface area contributed by atoms with Crippen LogP contribution in [0.1, 0.15) is 179 Å². The number of amides is 18. The predicted molar refractivity (Wildman–Crippen MR) is 515 cm³/mol. The summed E-state index contributed by atoms with van der Waals surface area (Å²) < 4.78 is 0. The summed E-state index contributed by atoms with van der Waals surface area (Å²) in [6, 6.07) is -18.5. The van der Waals surface area contributed by atoms with Gasteiger partial charge in [-0.3, -0.25) is 97.1 Å². The monoisotopic (exact) mass is 2010 g/mol. The van der Waals surface area contributed by atoms with Crippen LogP contribution in [-0.4, -0.2) is 332 Å². The van der Waals surface area contributed by atoms with Crippen molar-refractivity contribution in [2.24, 2.45) is 52.5 Å². The summed E-state index contributed by atoms with van der Waals surface area (Å²) in [5.74, 6) is -22.4. The third kappa shape index (κ3) is 46.4. The van der Waals surface area contributed by atoms with Gasteiger partial charge in [-0.25, -0.2) is 9.78 Å². The fourth-order valence-corrected chi connectivity index (χ4v) is 13.9. The quantitative estimate of drug-likeness (QED) is 0.0166. The van der Waals surface area contributed by atoms with E-state index in [0.29, 0.717) is 6.42 Å². The second-order valence-corrected chi connectivity index (χ2v) is 36.2. The van der Waals surface area contributed by atoms with E-state index in [-0.39, 0.29) is 120 Å². The first-order valence-corrected chi connectivity index (χ1v) is 47.2. The van der Waals surface area contributed by atoms with Crippen molar-refractivity contribution < 1.29 is 122 Å². The highest BCUT2D eigenvalue weighted by Crippen LogP contribution is 2.17. The van der Waals surface area contributed by atoms with Gasteiger partial charge >= 0.3 is 5.97 Å². The van der Waals surface area contributed by atoms with Gasteiger partial charge in [0.25, 0.3) is 0 Å². The van der Waals surface area contributed by atoms with Crippen molar-refractivity contribution in [2.75, 3.05) is 52.6 Å². The summed E-state index contributed by atoms with van der Waals surface area (Å²) in [6.07, 6.45) is 1.30.